The molecule has 0 amide bonds. The number of pyridine rings is 1. The van der Waals surface area contributed by atoms with Gasteiger partial charge >= 0.3 is 0 Å². The molecule has 1 aliphatic heterocycles. The Morgan fingerprint density at radius 3 is 2.67 bits per heavy atom. The third-order valence-electron chi connectivity index (χ3n) is 2.78. The Bertz CT molecular complexity index is 321. The van der Waals surface area contributed by atoms with Crippen LogP contribution in [0.15, 0.2) is 18.2 Å². The summed E-state index contributed by atoms with van der Waals surface area (Å²) in [5.74, 6) is 0.981. The van der Waals surface area contributed by atoms with Gasteiger partial charge in [0.05, 0.1) is 12.3 Å². The van der Waals surface area contributed by atoms with Gasteiger partial charge in [0.1, 0.15) is 5.82 Å². The number of aliphatic hydroxyl groups is 1. The maximum absolute atomic E-state index is 9.01. The van der Waals surface area contributed by atoms with E-state index in [4.69, 9.17) is 5.11 Å². The molecule has 1 aromatic heterocycles. The maximum Gasteiger partial charge on any atom is 0.128 e. The molecule has 0 aromatic carbocycles. The van der Waals surface area contributed by atoms with Crippen molar-refractivity contribution in [2.45, 2.75) is 6.61 Å². The molecule has 1 saturated heterocycles. The summed E-state index contributed by atoms with van der Waals surface area (Å²) in [5, 5.41) is 9.01. The van der Waals surface area contributed by atoms with E-state index in [0.717, 1.165) is 37.7 Å². The molecule has 1 aromatic rings. The quantitative estimate of drug-likeness (QED) is 0.758. The molecule has 4 heteroatoms. The summed E-state index contributed by atoms with van der Waals surface area (Å²) in [6.07, 6.45) is 0. The molecule has 1 N–H and O–H groups in total. The van der Waals surface area contributed by atoms with Crippen molar-refractivity contribution in [2.24, 2.45) is 0 Å². The molecule has 0 unspecified atom stereocenters. The summed E-state index contributed by atoms with van der Waals surface area (Å²) < 4.78 is 0. The van der Waals surface area contributed by atoms with Crippen LogP contribution in [0.2, 0.25) is 0 Å². The van der Waals surface area contributed by atoms with Gasteiger partial charge in [0, 0.05) is 26.2 Å². The summed E-state index contributed by atoms with van der Waals surface area (Å²) in [4.78, 5) is 8.97. The second-order valence-electron chi connectivity index (χ2n) is 3.94. The predicted molar refractivity (Wildman–Crippen MR) is 59.9 cm³/mol. The molecule has 0 aliphatic carbocycles. The van der Waals surface area contributed by atoms with Gasteiger partial charge in [-0.15, -0.1) is 0 Å². The molecular weight excluding hydrogens is 190 g/mol. The molecule has 2 heterocycles. The first-order valence-electron chi connectivity index (χ1n) is 5.30. The zero-order valence-electron chi connectivity index (χ0n) is 9.06. The van der Waals surface area contributed by atoms with E-state index in [0.29, 0.717) is 0 Å². The summed E-state index contributed by atoms with van der Waals surface area (Å²) in [6, 6.07) is 5.80. The molecule has 0 radical (unpaired) electrons. The lowest BCUT2D eigenvalue weighted by Gasteiger charge is -2.33. The number of aromatic nitrogens is 1. The number of hydrogen-bond donors (Lipinski definition) is 1. The Labute approximate surface area is 90.1 Å². The monoisotopic (exact) mass is 207 g/mol. The van der Waals surface area contributed by atoms with Gasteiger partial charge < -0.3 is 14.9 Å². The maximum atomic E-state index is 9.01. The average molecular weight is 207 g/mol. The molecular formula is C11H17N3O. The summed E-state index contributed by atoms with van der Waals surface area (Å²) >= 11 is 0. The van der Waals surface area contributed by atoms with Crippen molar-refractivity contribution < 1.29 is 5.11 Å². The Balaban J connectivity index is 2.08. The SMILES string of the molecule is CN1CCN(c2cccc(CO)n2)CC1. The second-order valence-corrected chi connectivity index (χ2v) is 3.94. The van der Waals surface area contributed by atoms with E-state index in [1.54, 1.807) is 0 Å². The Morgan fingerprint density at radius 2 is 2.00 bits per heavy atom. The van der Waals surface area contributed by atoms with E-state index >= 15 is 0 Å². The number of rotatable bonds is 2. The van der Waals surface area contributed by atoms with Crippen LogP contribution in [0.1, 0.15) is 5.69 Å². The summed E-state index contributed by atoms with van der Waals surface area (Å²) in [6.45, 7) is 4.19. The standard InChI is InChI=1S/C11H17N3O/c1-13-5-7-14(8-6-13)11-4-2-3-10(9-15)12-11/h2-4,15H,5-9H2,1H3. The van der Waals surface area contributed by atoms with E-state index in [9.17, 15) is 0 Å². The van der Waals surface area contributed by atoms with Crippen molar-refractivity contribution in [3.63, 3.8) is 0 Å². The van der Waals surface area contributed by atoms with Crippen LogP contribution in [-0.4, -0.2) is 48.2 Å². The molecule has 0 bridgehead atoms. The van der Waals surface area contributed by atoms with Gasteiger partial charge in [-0.3, -0.25) is 0 Å². The lowest BCUT2D eigenvalue weighted by molar-refractivity contribution is 0.276. The largest absolute Gasteiger partial charge is 0.390 e. The minimum Gasteiger partial charge on any atom is -0.390 e. The molecule has 4 nitrogen and oxygen atoms in total. The van der Waals surface area contributed by atoms with Crippen molar-refractivity contribution in [1.29, 1.82) is 0 Å². The first-order chi connectivity index (χ1) is 7.29. The van der Waals surface area contributed by atoms with Crippen LogP contribution >= 0.6 is 0 Å². The predicted octanol–water partition coefficient (Wildman–Crippen LogP) is 0.326. The van der Waals surface area contributed by atoms with Crippen molar-refractivity contribution >= 4 is 5.82 Å². The van der Waals surface area contributed by atoms with Gasteiger partial charge in [-0.05, 0) is 19.2 Å². The van der Waals surface area contributed by atoms with E-state index < -0.39 is 0 Å². The van der Waals surface area contributed by atoms with Crippen LogP contribution in [0.4, 0.5) is 5.82 Å². The van der Waals surface area contributed by atoms with Gasteiger partial charge in [-0.1, -0.05) is 6.07 Å². The minimum atomic E-state index is 0.0155. The molecule has 0 saturated carbocycles. The van der Waals surface area contributed by atoms with Gasteiger partial charge in [0.15, 0.2) is 0 Å². The zero-order valence-corrected chi connectivity index (χ0v) is 9.06. The summed E-state index contributed by atoms with van der Waals surface area (Å²) in [7, 11) is 2.13. The highest BCUT2D eigenvalue weighted by Gasteiger charge is 2.14. The Morgan fingerprint density at radius 1 is 1.27 bits per heavy atom. The van der Waals surface area contributed by atoms with Crippen LogP contribution in [-0.2, 0) is 6.61 Å². The second kappa shape index (κ2) is 4.59. The smallest absolute Gasteiger partial charge is 0.128 e. The van der Waals surface area contributed by atoms with Crippen molar-refractivity contribution in [3.05, 3.63) is 23.9 Å². The van der Waals surface area contributed by atoms with Gasteiger partial charge in [-0.2, -0.15) is 0 Å². The normalized spacial score (nSPS) is 18.1. The Kier molecular flexibility index (Phi) is 3.18. The van der Waals surface area contributed by atoms with E-state index in [1.807, 2.05) is 18.2 Å². The number of nitrogens with zero attached hydrogens (tertiary/aromatic N) is 3. The van der Waals surface area contributed by atoms with Crippen molar-refractivity contribution in [2.75, 3.05) is 38.1 Å². The first-order valence-corrected chi connectivity index (χ1v) is 5.30. The number of hydrogen-bond acceptors (Lipinski definition) is 4. The lowest BCUT2D eigenvalue weighted by Crippen LogP contribution is -2.44. The third-order valence-corrected chi connectivity index (χ3v) is 2.78. The lowest BCUT2D eigenvalue weighted by atomic mass is 10.3. The summed E-state index contributed by atoms with van der Waals surface area (Å²) in [5.41, 5.74) is 0.742. The molecule has 82 valence electrons. The molecule has 0 spiro atoms. The van der Waals surface area contributed by atoms with Crippen molar-refractivity contribution in [1.82, 2.24) is 9.88 Å². The van der Waals surface area contributed by atoms with Gasteiger partial charge in [0.25, 0.3) is 0 Å². The van der Waals surface area contributed by atoms with Crippen molar-refractivity contribution in [3.8, 4) is 0 Å². The fourth-order valence-corrected chi connectivity index (χ4v) is 1.77. The van der Waals surface area contributed by atoms with E-state index in [1.165, 1.54) is 0 Å². The number of likely N-dealkylation sites (N-methyl/N-ethyl adjacent to an activating group) is 1. The Hall–Kier alpha value is -1.13. The van der Waals surface area contributed by atoms with Crippen LogP contribution in [0.5, 0.6) is 0 Å². The fraction of sp³-hybridized carbons (Fsp3) is 0.545. The van der Waals surface area contributed by atoms with E-state index in [-0.39, 0.29) is 6.61 Å². The van der Waals surface area contributed by atoms with Crippen LogP contribution in [0.3, 0.4) is 0 Å². The van der Waals surface area contributed by atoms with E-state index in [2.05, 4.69) is 21.8 Å². The van der Waals surface area contributed by atoms with Crippen LogP contribution in [0.25, 0.3) is 0 Å². The fourth-order valence-electron chi connectivity index (χ4n) is 1.77. The van der Waals surface area contributed by atoms with Crippen LogP contribution < -0.4 is 4.90 Å². The number of aliphatic hydroxyl groups excluding tert-OH is 1. The highest BCUT2D eigenvalue weighted by atomic mass is 16.3. The molecule has 15 heavy (non-hydrogen) atoms. The van der Waals surface area contributed by atoms with Gasteiger partial charge in [0.2, 0.25) is 0 Å². The molecule has 0 atom stereocenters. The molecule has 1 aliphatic rings. The first kappa shape index (κ1) is 10.4. The third kappa shape index (κ3) is 2.46. The number of piperazine rings is 1. The minimum absolute atomic E-state index is 0.0155. The number of anilines is 1. The zero-order chi connectivity index (χ0) is 10.7. The topological polar surface area (TPSA) is 39.6 Å². The average Bonchev–Trinajstić information content (AvgIpc) is 2.30. The highest BCUT2D eigenvalue weighted by Crippen LogP contribution is 2.13. The molecule has 2 rings (SSSR count). The van der Waals surface area contributed by atoms with Gasteiger partial charge in [-0.25, -0.2) is 4.98 Å². The highest BCUT2D eigenvalue weighted by molar-refractivity contribution is 5.39. The molecule has 1 fully saturated rings. The van der Waals surface area contributed by atoms with Crippen LogP contribution in [0, 0.1) is 0 Å².